The van der Waals surface area contributed by atoms with Gasteiger partial charge in [0.05, 0.1) is 12.7 Å². The summed E-state index contributed by atoms with van der Waals surface area (Å²) < 4.78 is 1.85. The first-order valence-corrected chi connectivity index (χ1v) is 7.08. The van der Waals surface area contributed by atoms with Crippen LogP contribution in [0.2, 0.25) is 0 Å². The third kappa shape index (κ3) is 3.69. The molecular weight excluding hydrogens is 256 g/mol. The SMILES string of the molecule is CN(C)C(=O)N(C)C1CCCN(CCn2ccnn2)C1. The van der Waals surface area contributed by atoms with Crippen molar-refractivity contribution in [1.82, 2.24) is 29.7 Å². The lowest BCUT2D eigenvalue weighted by molar-refractivity contribution is 0.110. The van der Waals surface area contributed by atoms with Crippen LogP contribution in [0.5, 0.6) is 0 Å². The van der Waals surface area contributed by atoms with E-state index in [1.807, 2.05) is 22.8 Å². The van der Waals surface area contributed by atoms with Crippen molar-refractivity contribution < 1.29 is 4.79 Å². The number of nitrogens with zero attached hydrogens (tertiary/aromatic N) is 6. The summed E-state index contributed by atoms with van der Waals surface area (Å²) in [5.41, 5.74) is 0. The Morgan fingerprint density at radius 2 is 2.15 bits per heavy atom. The monoisotopic (exact) mass is 280 g/mol. The van der Waals surface area contributed by atoms with Crippen LogP contribution < -0.4 is 0 Å². The van der Waals surface area contributed by atoms with Crippen LogP contribution in [0.1, 0.15) is 12.8 Å². The maximum Gasteiger partial charge on any atom is 0.319 e. The number of hydrogen-bond donors (Lipinski definition) is 0. The van der Waals surface area contributed by atoms with Crippen LogP contribution in [-0.2, 0) is 6.54 Å². The maximum atomic E-state index is 12.0. The highest BCUT2D eigenvalue weighted by Crippen LogP contribution is 2.15. The molecule has 0 saturated carbocycles. The van der Waals surface area contributed by atoms with E-state index in [1.165, 1.54) is 0 Å². The van der Waals surface area contributed by atoms with Crippen LogP contribution in [0, 0.1) is 0 Å². The first kappa shape index (κ1) is 14.8. The average molecular weight is 280 g/mol. The molecule has 112 valence electrons. The third-order valence-electron chi connectivity index (χ3n) is 3.83. The molecule has 7 nitrogen and oxygen atoms in total. The van der Waals surface area contributed by atoms with E-state index >= 15 is 0 Å². The quantitative estimate of drug-likeness (QED) is 0.799. The van der Waals surface area contributed by atoms with Crippen LogP contribution in [0.25, 0.3) is 0 Å². The van der Waals surface area contributed by atoms with Gasteiger partial charge in [-0.15, -0.1) is 5.10 Å². The number of likely N-dealkylation sites (tertiary alicyclic amines) is 1. The van der Waals surface area contributed by atoms with Gasteiger partial charge in [-0.1, -0.05) is 5.21 Å². The van der Waals surface area contributed by atoms with Gasteiger partial charge < -0.3 is 9.80 Å². The lowest BCUT2D eigenvalue weighted by Gasteiger charge is -2.38. The second-order valence-electron chi connectivity index (χ2n) is 5.55. The van der Waals surface area contributed by atoms with E-state index < -0.39 is 0 Å². The molecule has 0 aromatic carbocycles. The van der Waals surface area contributed by atoms with E-state index in [-0.39, 0.29) is 6.03 Å². The lowest BCUT2D eigenvalue weighted by atomic mass is 10.0. The Labute approximate surface area is 120 Å². The maximum absolute atomic E-state index is 12.0. The molecule has 0 spiro atoms. The Morgan fingerprint density at radius 1 is 1.35 bits per heavy atom. The molecule has 2 amide bonds. The van der Waals surface area contributed by atoms with E-state index in [1.54, 1.807) is 25.2 Å². The summed E-state index contributed by atoms with van der Waals surface area (Å²) in [7, 11) is 5.49. The number of likely N-dealkylation sites (N-methyl/N-ethyl adjacent to an activating group) is 1. The fourth-order valence-electron chi connectivity index (χ4n) is 2.62. The zero-order chi connectivity index (χ0) is 14.5. The van der Waals surface area contributed by atoms with Crippen molar-refractivity contribution in [2.75, 3.05) is 40.8 Å². The number of aromatic nitrogens is 3. The average Bonchev–Trinajstić information content (AvgIpc) is 2.97. The highest BCUT2D eigenvalue weighted by Gasteiger charge is 2.26. The van der Waals surface area contributed by atoms with Crippen molar-refractivity contribution in [2.45, 2.75) is 25.4 Å². The van der Waals surface area contributed by atoms with Gasteiger partial charge in [0.15, 0.2) is 0 Å². The van der Waals surface area contributed by atoms with Gasteiger partial charge in [0.2, 0.25) is 0 Å². The van der Waals surface area contributed by atoms with Gasteiger partial charge in [0.1, 0.15) is 0 Å². The number of urea groups is 1. The molecule has 1 saturated heterocycles. The molecule has 0 bridgehead atoms. The Morgan fingerprint density at radius 3 is 2.80 bits per heavy atom. The molecule has 1 aromatic rings. The van der Waals surface area contributed by atoms with Crippen molar-refractivity contribution in [3.05, 3.63) is 12.4 Å². The Kier molecular flexibility index (Phi) is 4.94. The number of rotatable bonds is 4. The molecule has 1 aliphatic heterocycles. The number of carbonyl (C=O) groups excluding carboxylic acids is 1. The standard InChI is InChI=1S/C13H24N6O/c1-16(2)13(20)17(3)12-5-4-7-18(11-12)9-10-19-8-6-14-15-19/h6,8,12H,4-5,7,9-11H2,1-3H3. The Balaban J connectivity index is 1.83. The van der Waals surface area contributed by atoms with Crippen molar-refractivity contribution in [3.63, 3.8) is 0 Å². The topological polar surface area (TPSA) is 57.5 Å². The molecule has 1 fully saturated rings. The van der Waals surface area contributed by atoms with E-state index in [2.05, 4.69) is 15.2 Å². The predicted octanol–water partition coefficient (Wildman–Crippen LogP) is 0.356. The van der Waals surface area contributed by atoms with Gasteiger partial charge in [0, 0.05) is 46.5 Å². The number of hydrogen-bond acceptors (Lipinski definition) is 4. The lowest BCUT2D eigenvalue weighted by Crippen LogP contribution is -2.51. The van der Waals surface area contributed by atoms with Crippen LogP contribution in [-0.4, -0.2) is 82.5 Å². The first-order chi connectivity index (χ1) is 9.58. The van der Waals surface area contributed by atoms with Gasteiger partial charge in [-0.3, -0.25) is 9.58 Å². The summed E-state index contributed by atoms with van der Waals surface area (Å²) in [5, 5.41) is 7.78. The normalized spacial score (nSPS) is 19.9. The van der Waals surface area contributed by atoms with Crippen molar-refractivity contribution in [2.24, 2.45) is 0 Å². The minimum absolute atomic E-state index is 0.0770. The van der Waals surface area contributed by atoms with E-state index in [4.69, 9.17) is 0 Å². The van der Waals surface area contributed by atoms with Gasteiger partial charge in [-0.05, 0) is 19.4 Å². The zero-order valence-electron chi connectivity index (χ0n) is 12.6. The zero-order valence-corrected chi connectivity index (χ0v) is 12.6. The molecule has 0 radical (unpaired) electrons. The predicted molar refractivity (Wildman–Crippen MR) is 76.3 cm³/mol. The smallest absolute Gasteiger partial charge is 0.319 e. The fourth-order valence-corrected chi connectivity index (χ4v) is 2.62. The second-order valence-corrected chi connectivity index (χ2v) is 5.55. The van der Waals surface area contributed by atoms with E-state index in [0.717, 1.165) is 39.0 Å². The highest BCUT2D eigenvalue weighted by atomic mass is 16.2. The third-order valence-corrected chi connectivity index (χ3v) is 3.83. The highest BCUT2D eigenvalue weighted by molar-refractivity contribution is 5.73. The van der Waals surface area contributed by atoms with Crippen LogP contribution >= 0.6 is 0 Å². The van der Waals surface area contributed by atoms with Crippen molar-refractivity contribution in [1.29, 1.82) is 0 Å². The Hall–Kier alpha value is -1.63. The molecule has 0 aliphatic carbocycles. The number of piperidine rings is 1. The van der Waals surface area contributed by atoms with Gasteiger partial charge in [-0.25, -0.2) is 4.79 Å². The summed E-state index contributed by atoms with van der Waals surface area (Å²) in [6.45, 7) is 3.82. The van der Waals surface area contributed by atoms with E-state index in [9.17, 15) is 4.79 Å². The minimum atomic E-state index is 0.0770. The molecule has 2 rings (SSSR count). The Bertz CT molecular complexity index is 419. The molecular formula is C13H24N6O. The van der Waals surface area contributed by atoms with Gasteiger partial charge in [0.25, 0.3) is 0 Å². The molecule has 1 aromatic heterocycles. The fraction of sp³-hybridized carbons (Fsp3) is 0.769. The summed E-state index contributed by atoms with van der Waals surface area (Å²) in [5.74, 6) is 0. The van der Waals surface area contributed by atoms with Gasteiger partial charge in [-0.2, -0.15) is 0 Å². The second kappa shape index (κ2) is 6.69. The molecule has 1 unspecified atom stereocenters. The number of carbonyl (C=O) groups is 1. The van der Waals surface area contributed by atoms with Gasteiger partial charge >= 0.3 is 6.03 Å². The summed E-state index contributed by atoms with van der Waals surface area (Å²) in [4.78, 5) is 17.9. The number of amides is 2. The molecule has 2 heterocycles. The molecule has 7 heteroatoms. The van der Waals surface area contributed by atoms with Crippen LogP contribution in [0.4, 0.5) is 4.79 Å². The summed E-state index contributed by atoms with van der Waals surface area (Å²) >= 11 is 0. The van der Waals surface area contributed by atoms with E-state index in [0.29, 0.717) is 6.04 Å². The van der Waals surface area contributed by atoms with Crippen molar-refractivity contribution >= 4 is 6.03 Å². The first-order valence-electron chi connectivity index (χ1n) is 7.08. The minimum Gasteiger partial charge on any atom is -0.331 e. The van der Waals surface area contributed by atoms with Crippen molar-refractivity contribution in [3.8, 4) is 0 Å². The largest absolute Gasteiger partial charge is 0.331 e. The molecule has 0 N–H and O–H groups in total. The summed E-state index contributed by atoms with van der Waals surface area (Å²) in [6, 6.07) is 0.377. The van der Waals surface area contributed by atoms with Crippen LogP contribution in [0.15, 0.2) is 12.4 Å². The summed E-state index contributed by atoms with van der Waals surface area (Å²) in [6.07, 6.45) is 5.79. The van der Waals surface area contributed by atoms with Crippen LogP contribution in [0.3, 0.4) is 0 Å². The molecule has 20 heavy (non-hydrogen) atoms. The molecule has 1 aliphatic rings. The molecule has 1 atom stereocenters.